The number of aliphatic hydroxyl groups is 1. The van der Waals surface area contributed by atoms with E-state index in [1.165, 1.54) is 12.8 Å². The van der Waals surface area contributed by atoms with Gasteiger partial charge in [-0.15, -0.1) is 0 Å². The van der Waals surface area contributed by atoms with Gasteiger partial charge in [0.05, 0.1) is 12.7 Å². The van der Waals surface area contributed by atoms with Crippen LogP contribution in [0.25, 0.3) is 0 Å². The van der Waals surface area contributed by atoms with Crippen molar-refractivity contribution in [3.63, 3.8) is 0 Å². The molecule has 0 aromatic heterocycles. The standard InChI is InChI=1S/C9H20O2/c1-3-5-6-7-11-8-9(10)4-2/h9-10H,3-8H2,1-2H3/t9-/m1/s1. The van der Waals surface area contributed by atoms with Crippen LogP contribution in [0.5, 0.6) is 0 Å². The number of rotatable bonds is 7. The van der Waals surface area contributed by atoms with Crippen molar-refractivity contribution in [1.29, 1.82) is 0 Å². The first-order valence-electron chi connectivity index (χ1n) is 4.57. The van der Waals surface area contributed by atoms with Crippen molar-refractivity contribution in [2.75, 3.05) is 13.2 Å². The van der Waals surface area contributed by atoms with Crippen molar-refractivity contribution < 1.29 is 9.84 Å². The molecule has 0 aromatic rings. The molecule has 1 atom stereocenters. The fourth-order valence-corrected chi connectivity index (χ4v) is 0.791. The zero-order valence-corrected chi connectivity index (χ0v) is 7.68. The van der Waals surface area contributed by atoms with Gasteiger partial charge in [0, 0.05) is 6.61 Å². The van der Waals surface area contributed by atoms with Crippen LogP contribution in [0, 0.1) is 0 Å². The van der Waals surface area contributed by atoms with Gasteiger partial charge in [-0.05, 0) is 12.8 Å². The summed E-state index contributed by atoms with van der Waals surface area (Å²) in [4.78, 5) is 0. The minimum atomic E-state index is -0.267. The fourth-order valence-electron chi connectivity index (χ4n) is 0.791. The number of hydrogen-bond acceptors (Lipinski definition) is 2. The molecule has 0 aliphatic carbocycles. The molecule has 0 amide bonds. The second kappa shape index (κ2) is 8.02. The van der Waals surface area contributed by atoms with Gasteiger partial charge in [-0.1, -0.05) is 26.7 Å². The third-order valence-electron chi connectivity index (χ3n) is 1.67. The Morgan fingerprint density at radius 3 is 2.55 bits per heavy atom. The summed E-state index contributed by atoms with van der Waals surface area (Å²) in [6, 6.07) is 0. The second-order valence-corrected chi connectivity index (χ2v) is 2.84. The number of unbranched alkanes of at least 4 members (excludes halogenated alkanes) is 2. The summed E-state index contributed by atoms with van der Waals surface area (Å²) in [6.45, 7) is 5.42. The van der Waals surface area contributed by atoms with E-state index in [0.717, 1.165) is 19.4 Å². The van der Waals surface area contributed by atoms with Crippen LogP contribution in [0.1, 0.15) is 39.5 Å². The van der Waals surface area contributed by atoms with E-state index in [4.69, 9.17) is 9.84 Å². The maximum absolute atomic E-state index is 9.09. The molecular formula is C9H20O2. The lowest BCUT2D eigenvalue weighted by atomic mass is 10.2. The molecule has 0 fully saturated rings. The van der Waals surface area contributed by atoms with Crippen molar-refractivity contribution in [1.82, 2.24) is 0 Å². The normalized spacial score (nSPS) is 13.4. The van der Waals surface area contributed by atoms with E-state index >= 15 is 0 Å². The molecular weight excluding hydrogens is 140 g/mol. The Morgan fingerprint density at radius 1 is 1.27 bits per heavy atom. The van der Waals surface area contributed by atoms with Gasteiger partial charge < -0.3 is 9.84 Å². The van der Waals surface area contributed by atoms with E-state index in [9.17, 15) is 0 Å². The summed E-state index contributed by atoms with van der Waals surface area (Å²) in [5.41, 5.74) is 0. The van der Waals surface area contributed by atoms with Crippen LogP contribution < -0.4 is 0 Å². The quantitative estimate of drug-likeness (QED) is 0.577. The van der Waals surface area contributed by atoms with Gasteiger partial charge >= 0.3 is 0 Å². The first-order chi connectivity index (χ1) is 5.31. The highest BCUT2D eigenvalue weighted by atomic mass is 16.5. The molecule has 1 N–H and O–H groups in total. The Bertz CT molecular complexity index is 74.0. The average molecular weight is 160 g/mol. The maximum Gasteiger partial charge on any atom is 0.0771 e. The molecule has 2 nitrogen and oxygen atoms in total. The molecule has 2 heteroatoms. The molecule has 68 valence electrons. The molecule has 0 aliphatic heterocycles. The first kappa shape index (κ1) is 10.9. The van der Waals surface area contributed by atoms with Gasteiger partial charge in [0.15, 0.2) is 0 Å². The first-order valence-corrected chi connectivity index (χ1v) is 4.57. The topological polar surface area (TPSA) is 29.5 Å². The van der Waals surface area contributed by atoms with Gasteiger partial charge in [0.1, 0.15) is 0 Å². The molecule has 0 radical (unpaired) electrons. The summed E-state index contributed by atoms with van der Waals surface area (Å²) in [5, 5.41) is 9.09. The molecule has 0 rings (SSSR count). The highest BCUT2D eigenvalue weighted by Gasteiger charge is 1.98. The third kappa shape index (κ3) is 7.82. The van der Waals surface area contributed by atoms with E-state index < -0.39 is 0 Å². The van der Waals surface area contributed by atoms with Crippen LogP contribution in [-0.2, 0) is 4.74 Å². The predicted molar refractivity (Wildman–Crippen MR) is 46.6 cm³/mol. The van der Waals surface area contributed by atoms with Gasteiger partial charge in [-0.3, -0.25) is 0 Å². The second-order valence-electron chi connectivity index (χ2n) is 2.84. The van der Waals surface area contributed by atoms with Gasteiger partial charge in [0.25, 0.3) is 0 Å². The monoisotopic (exact) mass is 160 g/mol. The van der Waals surface area contributed by atoms with Crippen molar-refractivity contribution in [2.24, 2.45) is 0 Å². The van der Waals surface area contributed by atoms with Gasteiger partial charge in [-0.2, -0.15) is 0 Å². The Kier molecular flexibility index (Phi) is 7.96. The zero-order chi connectivity index (χ0) is 8.53. The highest BCUT2D eigenvalue weighted by Crippen LogP contribution is 1.96. The molecule has 0 bridgehead atoms. The van der Waals surface area contributed by atoms with E-state index in [1.807, 2.05) is 6.92 Å². The Balaban J connectivity index is 2.89. The number of hydrogen-bond donors (Lipinski definition) is 1. The van der Waals surface area contributed by atoms with Gasteiger partial charge in [-0.25, -0.2) is 0 Å². The molecule has 0 saturated heterocycles. The largest absolute Gasteiger partial charge is 0.391 e. The van der Waals surface area contributed by atoms with Crippen LogP contribution in [0.2, 0.25) is 0 Å². The lowest BCUT2D eigenvalue weighted by Crippen LogP contribution is -2.14. The summed E-state index contributed by atoms with van der Waals surface area (Å²) >= 11 is 0. The minimum absolute atomic E-state index is 0.267. The molecule has 0 saturated carbocycles. The van der Waals surface area contributed by atoms with E-state index in [0.29, 0.717) is 6.61 Å². The van der Waals surface area contributed by atoms with Gasteiger partial charge in [0.2, 0.25) is 0 Å². The molecule has 0 spiro atoms. The van der Waals surface area contributed by atoms with Crippen LogP contribution in [0.3, 0.4) is 0 Å². The molecule has 0 aliphatic rings. The Morgan fingerprint density at radius 2 is 2.00 bits per heavy atom. The average Bonchev–Trinajstić information content (AvgIpc) is 2.04. The lowest BCUT2D eigenvalue weighted by Gasteiger charge is -2.07. The smallest absolute Gasteiger partial charge is 0.0771 e. The fraction of sp³-hybridized carbons (Fsp3) is 1.00. The Hall–Kier alpha value is -0.0800. The van der Waals surface area contributed by atoms with Crippen molar-refractivity contribution in [2.45, 2.75) is 45.6 Å². The van der Waals surface area contributed by atoms with Crippen LogP contribution >= 0.6 is 0 Å². The van der Waals surface area contributed by atoms with Crippen LogP contribution in [0.4, 0.5) is 0 Å². The van der Waals surface area contributed by atoms with Crippen molar-refractivity contribution >= 4 is 0 Å². The number of aliphatic hydroxyl groups excluding tert-OH is 1. The van der Waals surface area contributed by atoms with E-state index in [1.54, 1.807) is 0 Å². The molecule has 0 unspecified atom stereocenters. The van der Waals surface area contributed by atoms with Crippen LogP contribution in [0.15, 0.2) is 0 Å². The predicted octanol–water partition coefficient (Wildman–Crippen LogP) is 1.96. The maximum atomic E-state index is 9.09. The summed E-state index contributed by atoms with van der Waals surface area (Å²) in [6.07, 6.45) is 4.08. The SMILES string of the molecule is CCCCCOC[C@H](O)CC. The summed E-state index contributed by atoms with van der Waals surface area (Å²) in [5.74, 6) is 0. The molecule has 11 heavy (non-hydrogen) atoms. The zero-order valence-electron chi connectivity index (χ0n) is 7.68. The minimum Gasteiger partial charge on any atom is -0.391 e. The number of ether oxygens (including phenoxy) is 1. The van der Waals surface area contributed by atoms with E-state index in [-0.39, 0.29) is 6.10 Å². The molecule has 0 heterocycles. The summed E-state index contributed by atoms with van der Waals surface area (Å²) in [7, 11) is 0. The third-order valence-corrected chi connectivity index (χ3v) is 1.67. The lowest BCUT2D eigenvalue weighted by molar-refractivity contribution is 0.0336. The van der Waals surface area contributed by atoms with Crippen LogP contribution in [-0.4, -0.2) is 24.4 Å². The summed E-state index contributed by atoms with van der Waals surface area (Å²) < 4.78 is 5.24. The van der Waals surface area contributed by atoms with Crippen molar-refractivity contribution in [3.05, 3.63) is 0 Å². The highest BCUT2D eigenvalue weighted by molar-refractivity contribution is 4.48. The Labute approximate surface area is 69.6 Å². The van der Waals surface area contributed by atoms with Crippen molar-refractivity contribution in [3.8, 4) is 0 Å². The molecule has 0 aromatic carbocycles. The van der Waals surface area contributed by atoms with E-state index in [2.05, 4.69) is 6.92 Å².